The molecular formula is C9H15NO2S. The van der Waals surface area contributed by atoms with Crippen LogP contribution in [0.1, 0.15) is 0 Å². The summed E-state index contributed by atoms with van der Waals surface area (Å²) in [6.45, 7) is 6.88. The Kier molecular flexibility index (Phi) is 4.93. The van der Waals surface area contributed by atoms with Crippen molar-refractivity contribution in [3.05, 3.63) is 12.7 Å². The molecule has 1 heterocycles. The van der Waals surface area contributed by atoms with Crippen LogP contribution in [-0.2, 0) is 9.53 Å². The van der Waals surface area contributed by atoms with Gasteiger partial charge in [-0.05, 0) is 0 Å². The molecule has 0 saturated carbocycles. The van der Waals surface area contributed by atoms with E-state index < -0.39 is 0 Å². The highest BCUT2D eigenvalue weighted by molar-refractivity contribution is 7.99. The Bertz CT molecular complexity index is 178. The Balaban J connectivity index is 2.04. The third-order valence-electron chi connectivity index (χ3n) is 1.92. The molecule has 1 rings (SSSR count). The molecule has 0 aromatic rings. The zero-order valence-corrected chi connectivity index (χ0v) is 8.52. The van der Waals surface area contributed by atoms with E-state index >= 15 is 0 Å². The highest BCUT2D eigenvalue weighted by atomic mass is 32.2. The van der Waals surface area contributed by atoms with E-state index in [-0.39, 0.29) is 5.97 Å². The van der Waals surface area contributed by atoms with Gasteiger partial charge in [-0.2, -0.15) is 11.8 Å². The van der Waals surface area contributed by atoms with E-state index in [1.165, 1.54) is 17.6 Å². The Morgan fingerprint density at radius 2 is 2.23 bits per heavy atom. The van der Waals surface area contributed by atoms with Crippen LogP contribution in [0.4, 0.5) is 0 Å². The molecular weight excluding hydrogens is 186 g/mol. The maximum atomic E-state index is 10.7. The fourth-order valence-corrected chi connectivity index (χ4v) is 2.14. The average molecular weight is 201 g/mol. The van der Waals surface area contributed by atoms with Gasteiger partial charge in [-0.15, -0.1) is 0 Å². The third-order valence-corrected chi connectivity index (χ3v) is 2.86. The van der Waals surface area contributed by atoms with Crippen LogP contribution in [0, 0.1) is 0 Å². The standard InChI is InChI=1S/C9H15NO2S/c1-2-9(11)12-6-3-10-4-7-13-8-5-10/h2H,1,3-8H2. The fourth-order valence-electron chi connectivity index (χ4n) is 1.16. The Morgan fingerprint density at radius 1 is 1.54 bits per heavy atom. The quantitative estimate of drug-likeness (QED) is 0.496. The van der Waals surface area contributed by atoms with Crippen molar-refractivity contribution in [2.45, 2.75) is 0 Å². The van der Waals surface area contributed by atoms with E-state index in [0.29, 0.717) is 6.61 Å². The molecule has 13 heavy (non-hydrogen) atoms. The summed E-state index contributed by atoms with van der Waals surface area (Å²) in [4.78, 5) is 13.0. The van der Waals surface area contributed by atoms with Crippen molar-refractivity contribution in [2.24, 2.45) is 0 Å². The summed E-state index contributed by atoms with van der Waals surface area (Å²) < 4.78 is 4.89. The molecule has 0 amide bonds. The van der Waals surface area contributed by atoms with Gasteiger partial charge >= 0.3 is 5.97 Å². The van der Waals surface area contributed by atoms with Crippen LogP contribution in [0.3, 0.4) is 0 Å². The van der Waals surface area contributed by atoms with E-state index in [4.69, 9.17) is 4.74 Å². The lowest BCUT2D eigenvalue weighted by Gasteiger charge is -2.25. The molecule has 1 fully saturated rings. The summed E-state index contributed by atoms with van der Waals surface area (Å²) in [5, 5.41) is 0. The first-order chi connectivity index (χ1) is 6.33. The highest BCUT2D eigenvalue weighted by Crippen LogP contribution is 2.08. The van der Waals surface area contributed by atoms with Crippen molar-refractivity contribution in [3.63, 3.8) is 0 Å². The topological polar surface area (TPSA) is 29.5 Å². The zero-order valence-electron chi connectivity index (χ0n) is 7.70. The van der Waals surface area contributed by atoms with Gasteiger partial charge in [-0.25, -0.2) is 4.79 Å². The minimum Gasteiger partial charge on any atom is -0.461 e. The van der Waals surface area contributed by atoms with Crippen molar-refractivity contribution in [1.82, 2.24) is 4.90 Å². The molecule has 4 heteroatoms. The van der Waals surface area contributed by atoms with Crippen molar-refractivity contribution in [3.8, 4) is 0 Å². The van der Waals surface area contributed by atoms with Crippen LogP contribution >= 0.6 is 11.8 Å². The number of carbonyl (C=O) groups is 1. The SMILES string of the molecule is C=CC(=O)OCCN1CCSCC1. The van der Waals surface area contributed by atoms with E-state index in [2.05, 4.69) is 11.5 Å². The van der Waals surface area contributed by atoms with Gasteiger partial charge < -0.3 is 4.74 Å². The van der Waals surface area contributed by atoms with Crippen LogP contribution in [0.5, 0.6) is 0 Å². The predicted molar refractivity (Wildman–Crippen MR) is 54.9 cm³/mol. The lowest BCUT2D eigenvalue weighted by atomic mass is 10.5. The number of hydrogen-bond acceptors (Lipinski definition) is 4. The first-order valence-corrected chi connectivity index (χ1v) is 5.57. The van der Waals surface area contributed by atoms with Crippen molar-refractivity contribution in [2.75, 3.05) is 37.7 Å². The van der Waals surface area contributed by atoms with Crippen LogP contribution in [0.2, 0.25) is 0 Å². The maximum absolute atomic E-state index is 10.7. The van der Waals surface area contributed by atoms with Gasteiger partial charge in [0.2, 0.25) is 0 Å². The molecule has 0 N–H and O–H groups in total. The second-order valence-corrected chi connectivity index (χ2v) is 4.05. The summed E-state index contributed by atoms with van der Waals surface area (Å²) in [6, 6.07) is 0. The van der Waals surface area contributed by atoms with Gasteiger partial charge in [0.15, 0.2) is 0 Å². The number of hydrogen-bond donors (Lipinski definition) is 0. The molecule has 0 aromatic carbocycles. The van der Waals surface area contributed by atoms with E-state index in [0.717, 1.165) is 19.6 Å². The largest absolute Gasteiger partial charge is 0.461 e. The van der Waals surface area contributed by atoms with Crippen molar-refractivity contribution < 1.29 is 9.53 Å². The normalized spacial score (nSPS) is 18.2. The number of rotatable bonds is 4. The smallest absolute Gasteiger partial charge is 0.330 e. The molecule has 0 bridgehead atoms. The van der Waals surface area contributed by atoms with Crippen LogP contribution in [0.25, 0.3) is 0 Å². The van der Waals surface area contributed by atoms with E-state index in [1.807, 2.05) is 11.8 Å². The molecule has 0 atom stereocenters. The van der Waals surface area contributed by atoms with E-state index in [1.54, 1.807) is 0 Å². The van der Waals surface area contributed by atoms with Crippen molar-refractivity contribution in [1.29, 1.82) is 0 Å². The zero-order chi connectivity index (χ0) is 9.52. The Morgan fingerprint density at radius 3 is 2.85 bits per heavy atom. The van der Waals surface area contributed by atoms with E-state index in [9.17, 15) is 4.79 Å². The predicted octanol–water partition coefficient (Wildman–Crippen LogP) is 0.764. The number of ether oxygens (including phenoxy) is 1. The van der Waals surface area contributed by atoms with Gasteiger partial charge in [-0.3, -0.25) is 4.90 Å². The molecule has 1 saturated heterocycles. The molecule has 0 aromatic heterocycles. The minimum absolute atomic E-state index is 0.327. The minimum atomic E-state index is -0.327. The Labute approximate surface area is 83.1 Å². The Hall–Kier alpha value is -0.480. The highest BCUT2D eigenvalue weighted by Gasteiger charge is 2.09. The van der Waals surface area contributed by atoms with Gasteiger partial charge in [-0.1, -0.05) is 6.58 Å². The third kappa shape index (κ3) is 4.33. The number of carbonyl (C=O) groups excluding carboxylic acids is 1. The van der Waals surface area contributed by atoms with Crippen molar-refractivity contribution >= 4 is 17.7 Å². The first-order valence-electron chi connectivity index (χ1n) is 4.42. The maximum Gasteiger partial charge on any atom is 0.330 e. The molecule has 0 spiro atoms. The summed E-state index contributed by atoms with van der Waals surface area (Å²) in [5.74, 6) is 2.05. The summed E-state index contributed by atoms with van der Waals surface area (Å²) >= 11 is 1.98. The molecule has 0 radical (unpaired) electrons. The first kappa shape index (κ1) is 10.6. The number of esters is 1. The number of thioether (sulfide) groups is 1. The molecule has 1 aliphatic heterocycles. The fraction of sp³-hybridized carbons (Fsp3) is 0.667. The summed E-state index contributed by atoms with van der Waals surface area (Å²) in [6.07, 6.45) is 1.20. The van der Waals surface area contributed by atoms with Crippen LogP contribution < -0.4 is 0 Å². The lowest BCUT2D eigenvalue weighted by Crippen LogP contribution is -2.35. The second kappa shape index (κ2) is 6.05. The summed E-state index contributed by atoms with van der Waals surface area (Å²) in [5.41, 5.74) is 0. The molecule has 3 nitrogen and oxygen atoms in total. The molecule has 0 aliphatic carbocycles. The molecule has 74 valence electrons. The van der Waals surface area contributed by atoms with Gasteiger partial charge in [0.1, 0.15) is 6.61 Å². The van der Waals surface area contributed by atoms with Gasteiger partial charge in [0.25, 0.3) is 0 Å². The van der Waals surface area contributed by atoms with Gasteiger partial charge in [0, 0.05) is 37.2 Å². The van der Waals surface area contributed by atoms with Gasteiger partial charge in [0.05, 0.1) is 0 Å². The average Bonchev–Trinajstić information content (AvgIpc) is 2.19. The second-order valence-electron chi connectivity index (χ2n) is 2.83. The van der Waals surface area contributed by atoms with Crippen LogP contribution in [0.15, 0.2) is 12.7 Å². The number of nitrogens with zero attached hydrogens (tertiary/aromatic N) is 1. The molecule has 1 aliphatic rings. The van der Waals surface area contributed by atoms with Crippen LogP contribution in [-0.4, -0.2) is 48.6 Å². The monoisotopic (exact) mass is 201 g/mol. The molecule has 0 unspecified atom stereocenters. The lowest BCUT2D eigenvalue weighted by molar-refractivity contribution is -0.138. The summed E-state index contributed by atoms with van der Waals surface area (Å²) in [7, 11) is 0.